The number of carbonyl (C=O) groups excluding carboxylic acids is 1. The van der Waals surface area contributed by atoms with Gasteiger partial charge < -0.3 is 15.4 Å². The van der Waals surface area contributed by atoms with E-state index in [0.717, 1.165) is 18.1 Å². The standard InChI is InChI=1S/C25H25FN8O3/c1-5-37-34-25(35)18-13-27-21(33-22-9-14(2)30-15(3)31-22)10-20(18)32-19-8-6-7-17(23(19)36-4)24-28-11-16(26)12-29-24/h6-13H,5H2,1-4H3,(H,34,35)(H2,27,30,31,32,33). The number of rotatable bonds is 9. The number of para-hydroxylation sites is 1. The summed E-state index contributed by atoms with van der Waals surface area (Å²) in [4.78, 5) is 39.0. The quantitative estimate of drug-likeness (QED) is 0.284. The zero-order valence-corrected chi connectivity index (χ0v) is 20.7. The van der Waals surface area contributed by atoms with Gasteiger partial charge in [-0.05, 0) is 32.9 Å². The summed E-state index contributed by atoms with van der Waals surface area (Å²) in [6, 6.07) is 8.72. The zero-order chi connectivity index (χ0) is 26.4. The Morgan fingerprint density at radius 2 is 1.76 bits per heavy atom. The monoisotopic (exact) mass is 504 g/mol. The Labute approximate surface area is 212 Å². The Balaban J connectivity index is 1.74. The number of aromatic nitrogens is 5. The third-order valence-electron chi connectivity index (χ3n) is 5.03. The van der Waals surface area contributed by atoms with Crippen LogP contribution in [0.4, 0.5) is 27.4 Å². The van der Waals surface area contributed by atoms with Gasteiger partial charge in [-0.2, -0.15) is 0 Å². The number of amides is 1. The molecule has 4 aromatic rings. The SMILES string of the molecule is CCONC(=O)c1cnc(Nc2cc(C)nc(C)n2)cc1Nc1cccc(-c2ncc(F)cn2)c1OC. The molecule has 0 aliphatic heterocycles. The number of aryl methyl sites for hydroxylation is 2. The van der Waals surface area contributed by atoms with Crippen molar-refractivity contribution in [3.8, 4) is 17.1 Å². The van der Waals surface area contributed by atoms with Crippen LogP contribution in [0.3, 0.4) is 0 Å². The van der Waals surface area contributed by atoms with Gasteiger partial charge in [-0.1, -0.05) is 6.07 Å². The van der Waals surface area contributed by atoms with Crippen molar-refractivity contribution in [3.05, 3.63) is 71.8 Å². The van der Waals surface area contributed by atoms with Gasteiger partial charge in [-0.3, -0.25) is 9.63 Å². The van der Waals surface area contributed by atoms with Crippen molar-refractivity contribution < 1.29 is 18.8 Å². The maximum absolute atomic E-state index is 13.4. The topological polar surface area (TPSA) is 136 Å². The Morgan fingerprint density at radius 3 is 2.46 bits per heavy atom. The second-order valence-electron chi connectivity index (χ2n) is 7.78. The number of halogens is 1. The lowest BCUT2D eigenvalue weighted by Gasteiger charge is -2.17. The number of ether oxygens (including phenoxy) is 1. The molecule has 0 saturated carbocycles. The van der Waals surface area contributed by atoms with Crippen molar-refractivity contribution in [1.29, 1.82) is 0 Å². The maximum atomic E-state index is 13.4. The highest BCUT2D eigenvalue weighted by atomic mass is 19.1. The van der Waals surface area contributed by atoms with E-state index in [-0.39, 0.29) is 11.4 Å². The lowest BCUT2D eigenvalue weighted by molar-refractivity contribution is 0.0365. The molecule has 0 bridgehead atoms. The highest BCUT2D eigenvalue weighted by Crippen LogP contribution is 2.37. The molecule has 0 aliphatic rings. The van der Waals surface area contributed by atoms with Gasteiger partial charge in [0, 0.05) is 24.0 Å². The van der Waals surface area contributed by atoms with Crippen LogP contribution in [0.25, 0.3) is 11.4 Å². The zero-order valence-electron chi connectivity index (χ0n) is 20.7. The van der Waals surface area contributed by atoms with Crippen LogP contribution in [0.1, 0.15) is 28.8 Å². The van der Waals surface area contributed by atoms with Crippen LogP contribution in [0.15, 0.2) is 48.9 Å². The number of hydrogen-bond acceptors (Lipinski definition) is 10. The lowest BCUT2D eigenvalue weighted by atomic mass is 10.1. The number of carbonyl (C=O) groups is 1. The Morgan fingerprint density at radius 1 is 0.973 bits per heavy atom. The van der Waals surface area contributed by atoms with Crippen LogP contribution in [0.5, 0.6) is 5.75 Å². The van der Waals surface area contributed by atoms with E-state index in [1.165, 1.54) is 13.3 Å². The van der Waals surface area contributed by atoms with Gasteiger partial charge in [0.1, 0.15) is 17.5 Å². The summed E-state index contributed by atoms with van der Waals surface area (Å²) in [5.74, 6) is 1.24. The molecule has 0 radical (unpaired) electrons. The van der Waals surface area contributed by atoms with E-state index in [2.05, 4.69) is 41.0 Å². The molecule has 11 nitrogen and oxygen atoms in total. The highest BCUT2D eigenvalue weighted by Gasteiger charge is 2.18. The van der Waals surface area contributed by atoms with Crippen LogP contribution < -0.4 is 20.9 Å². The highest BCUT2D eigenvalue weighted by molar-refractivity contribution is 6.00. The minimum absolute atomic E-state index is 0.222. The summed E-state index contributed by atoms with van der Waals surface area (Å²) in [7, 11) is 1.50. The molecule has 0 aliphatic carbocycles. The summed E-state index contributed by atoms with van der Waals surface area (Å²) in [5.41, 5.74) is 4.86. The molecule has 0 fully saturated rings. The minimum Gasteiger partial charge on any atom is -0.494 e. The molecular formula is C25H25FN8O3. The number of benzene rings is 1. The lowest BCUT2D eigenvalue weighted by Crippen LogP contribution is -2.24. The summed E-state index contributed by atoms with van der Waals surface area (Å²) >= 11 is 0. The fraction of sp³-hybridized carbons (Fsp3) is 0.200. The van der Waals surface area contributed by atoms with Gasteiger partial charge in [0.25, 0.3) is 5.91 Å². The molecule has 0 spiro atoms. The van der Waals surface area contributed by atoms with E-state index in [1.807, 2.05) is 6.92 Å². The summed E-state index contributed by atoms with van der Waals surface area (Å²) in [6.07, 6.45) is 3.57. The average molecular weight is 505 g/mol. The molecule has 0 saturated heterocycles. The fourth-order valence-electron chi connectivity index (χ4n) is 3.54. The molecule has 0 atom stereocenters. The van der Waals surface area contributed by atoms with E-state index in [4.69, 9.17) is 9.57 Å². The Kier molecular flexibility index (Phi) is 7.79. The predicted octanol–water partition coefficient (Wildman–Crippen LogP) is 4.26. The number of nitrogens with one attached hydrogen (secondary N) is 3. The van der Waals surface area contributed by atoms with Crippen LogP contribution in [0, 0.1) is 19.7 Å². The second-order valence-corrected chi connectivity index (χ2v) is 7.78. The second kappa shape index (κ2) is 11.4. The van der Waals surface area contributed by atoms with Gasteiger partial charge in [-0.15, -0.1) is 0 Å². The van der Waals surface area contributed by atoms with Gasteiger partial charge in [-0.25, -0.2) is 34.8 Å². The molecule has 3 aromatic heterocycles. The van der Waals surface area contributed by atoms with E-state index >= 15 is 0 Å². The Hall–Kier alpha value is -4.71. The molecule has 1 amide bonds. The first kappa shape index (κ1) is 25.4. The predicted molar refractivity (Wildman–Crippen MR) is 135 cm³/mol. The summed E-state index contributed by atoms with van der Waals surface area (Å²) < 4.78 is 19.0. The first-order valence-corrected chi connectivity index (χ1v) is 11.3. The van der Waals surface area contributed by atoms with Gasteiger partial charge >= 0.3 is 0 Å². The van der Waals surface area contributed by atoms with Gasteiger partial charge in [0.2, 0.25) is 0 Å². The molecule has 4 rings (SSSR count). The van der Waals surface area contributed by atoms with Crippen molar-refractivity contribution in [2.75, 3.05) is 24.4 Å². The molecule has 3 N–H and O–H groups in total. The van der Waals surface area contributed by atoms with E-state index in [1.54, 1.807) is 44.2 Å². The first-order valence-electron chi connectivity index (χ1n) is 11.3. The fourth-order valence-corrected chi connectivity index (χ4v) is 3.54. The minimum atomic E-state index is -0.548. The number of anilines is 4. The average Bonchev–Trinajstić information content (AvgIpc) is 2.87. The molecule has 12 heteroatoms. The molecule has 0 unspecified atom stereocenters. The number of methoxy groups -OCH3 is 1. The summed E-state index contributed by atoms with van der Waals surface area (Å²) in [5, 5.41) is 6.38. The third kappa shape index (κ3) is 6.11. The van der Waals surface area contributed by atoms with Crippen molar-refractivity contribution >= 4 is 28.9 Å². The van der Waals surface area contributed by atoms with E-state index < -0.39 is 11.7 Å². The van der Waals surface area contributed by atoms with Gasteiger partial charge in [0.05, 0.1) is 48.6 Å². The third-order valence-corrected chi connectivity index (χ3v) is 5.03. The van der Waals surface area contributed by atoms with Crippen molar-refractivity contribution in [2.45, 2.75) is 20.8 Å². The number of hydroxylamine groups is 1. The number of hydrogen-bond donors (Lipinski definition) is 3. The van der Waals surface area contributed by atoms with Crippen LogP contribution in [0.2, 0.25) is 0 Å². The smallest absolute Gasteiger partial charge is 0.278 e. The first-order chi connectivity index (χ1) is 17.9. The molecule has 37 heavy (non-hydrogen) atoms. The largest absolute Gasteiger partial charge is 0.494 e. The maximum Gasteiger partial charge on any atom is 0.278 e. The molecule has 1 aromatic carbocycles. The summed E-state index contributed by atoms with van der Waals surface area (Å²) in [6.45, 7) is 5.71. The van der Waals surface area contributed by atoms with Crippen LogP contribution in [-0.2, 0) is 4.84 Å². The van der Waals surface area contributed by atoms with E-state index in [9.17, 15) is 9.18 Å². The van der Waals surface area contributed by atoms with Gasteiger partial charge in [0.15, 0.2) is 17.4 Å². The van der Waals surface area contributed by atoms with Crippen molar-refractivity contribution in [2.24, 2.45) is 0 Å². The molecular weight excluding hydrogens is 479 g/mol. The number of nitrogens with zero attached hydrogens (tertiary/aromatic N) is 5. The van der Waals surface area contributed by atoms with Crippen LogP contribution in [-0.4, -0.2) is 44.5 Å². The Bertz CT molecular complexity index is 1400. The molecule has 3 heterocycles. The van der Waals surface area contributed by atoms with Crippen molar-refractivity contribution in [3.63, 3.8) is 0 Å². The normalized spacial score (nSPS) is 10.6. The van der Waals surface area contributed by atoms with Crippen molar-refractivity contribution in [1.82, 2.24) is 30.4 Å². The number of pyridine rings is 1. The van der Waals surface area contributed by atoms with E-state index in [0.29, 0.717) is 46.8 Å². The molecule has 190 valence electrons. The van der Waals surface area contributed by atoms with Crippen LogP contribution >= 0.6 is 0 Å².